The van der Waals surface area contributed by atoms with Crippen molar-refractivity contribution in [1.82, 2.24) is 4.98 Å². The van der Waals surface area contributed by atoms with Crippen LogP contribution in [0.3, 0.4) is 0 Å². The zero-order valence-electron chi connectivity index (χ0n) is 11.9. The largest absolute Gasteiger partial charge is 0.497 e. The monoisotopic (exact) mass is 272 g/mol. The zero-order chi connectivity index (χ0) is 14.4. The first-order valence-corrected chi connectivity index (χ1v) is 6.61. The Bertz CT molecular complexity index is 543. The third-order valence-corrected chi connectivity index (χ3v) is 3.30. The van der Waals surface area contributed by atoms with Gasteiger partial charge in [-0.15, -0.1) is 0 Å². The summed E-state index contributed by atoms with van der Waals surface area (Å²) in [7, 11) is 3.30. The lowest BCUT2D eigenvalue weighted by Gasteiger charge is -2.16. The first kappa shape index (κ1) is 14.3. The Balaban J connectivity index is 2.09. The molecule has 2 N–H and O–H groups in total. The molecule has 0 aliphatic rings. The number of benzene rings is 1. The van der Waals surface area contributed by atoms with E-state index in [0.717, 1.165) is 29.9 Å². The van der Waals surface area contributed by atoms with Crippen LogP contribution < -0.4 is 15.2 Å². The van der Waals surface area contributed by atoms with Crippen LogP contribution in [0.4, 0.5) is 0 Å². The number of ether oxygens (including phenoxy) is 2. The molecule has 0 aliphatic heterocycles. The van der Waals surface area contributed by atoms with Gasteiger partial charge in [-0.25, -0.2) is 0 Å². The van der Waals surface area contributed by atoms with E-state index in [-0.39, 0.29) is 6.04 Å². The molecule has 1 atom stereocenters. The van der Waals surface area contributed by atoms with Crippen molar-refractivity contribution in [2.75, 3.05) is 14.2 Å². The Kier molecular flexibility index (Phi) is 4.96. The molecule has 20 heavy (non-hydrogen) atoms. The fourth-order valence-electron chi connectivity index (χ4n) is 2.15. The molecule has 1 heterocycles. The predicted molar refractivity (Wildman–Crippen MR) is 79.0 cm³/mol. The smallest absolute Gasteiger partial charge is 0.123 e. The number of aromatic nitrogens is 1. The number of methoxy groups -OCH3 is 2. The first-order chi connectivity index (χ1) is 9.74. The Morgan fingerprint density at radius 3 is 2.70 bits per heavy atom. The van der Waals surface area contributed by atoms with Crippen molar-refractivity contribution in [3.8, 4) is 11.5 Å². The van der Waals surface area contributed by atoms with Crippen LogP contribution in [-0.4, -0.2) is 19.2 Å². The summed E-state index contributed by atoms with van der Waals surface area (Å²) in [6, 6.07) is 9.59. The number of nitrogens with zero attached hydrogens (tertiary/aromatic N) is 1. The Morgan fingerprint density at radius 1 is 1.20 bits per heavy atom. The van der Waals surface area contributed by atoms with Gasteiger partial charge in [0.15, 0.2) is 0 Å². The van der Waals surface area contributed by atoms with Crippen LogP contribution in [-0.2, 0) is 6.42 Å². The van der Waals surface area contributed by atoms with E-state index in [1.54, 1.807) is 20.4 Å². The second-order valence-corrected chi connectivity index (χ2v) is 4.61. The van der Waals surface area contributed by atoms with Crippen LogP contribution in [0, 0.1) is 0 Å². The lowest BCUT2D eigenvalue weighted by atomic mass is 9.99. The van der Waals surface area contributed by atoms with Crippen molar-refractivity contribution in [3.05, 3.63) is 53.9 Å². The first-order valence-electron chi connectivity index (χ1n) is 6.61. The molecule has 0 aliphatic carbocycles. The molecule has 0 amide bonds. The minimum Gasteiger partial charge on any atom is -0.497 e. The standard InChI is InChI=1S/C16H20N2O2/c1-19-13-6-8-16(20-2)14(10-13)15(17)7-5-12-4-3-9-18-11-12/h3-4,6,8-11,15H,5,7,17H2,1-2H3. The van der Waals surface area contributed by atoms with Crippen LogP contribution in [0.2, 0.25) is 0 Å². The van der Waals surface area contributed by atoms with Gasteiger partial charge < -0.3 is 15.2 Å². The second kappa shape index (κ2) is 6.91. The van der Waals surface area contributed by atoms with Gasteiger partial charge >= 0.3 is 0 Å². The van der Waals surface area contributed by atoms with Crippen LogP contribution in [0.15, 0.2) is 42.7 Å². The normalized spacial score (nSPS) is 11.9. The molecule has 2 aromatic rings. The minimum atomic E-state index is -0.0970. The van der Waals surface area contributed by atoms with E-state index in [1.807, 2.05) is 30.5 Å². The zero-order valence-corrected chi connectivity index (χ0v) is 11.9. The van der Waals surface area contributed by atoms with Gasteiger partial charge in [0.25, 0.3) is 0 Å². The topological polar surface area (TPSA) is 57.4 Å². The average Bonchev–Trinajstić information content (AvgIpc) is 2.52. The summed E-state index contributed by atoms with van der Waals surface area (Å²) in [6.07, 6.45) is 5.36. The van der Waals surface area contributed by atoms with Crippen molar-refractivity contribution in [2.24, 2.45) is 5.73 Å². The predicted octanol–water partition coefficient (Wildman–Crippen LogP) is 2.73. The molecule has 106 valence electrons. The Labute approximate surface area is 119 Å². The lowest BCUT2D eigenvalue weighted by Crippen LogP contribution is -2.13. The highest BCUT2D eigenvalue weighted by Gasteiger charge is 2.13. The van der Waals surface area contributed by atoms with Gasteiger partial charge in [-0.2, -0.15) is 0 Å². The summed E-state index contributed by atoms with van der Waals surface area (Å²) in [4.78, 5) is 4.11. The Morgan fingerprint density at radius 2 is 2.05 bits per heavy atom. The molecule has 4 nitrogen and oxygen atoms in total. The number of nitrogens with two attached hydrogens (primary N) is 1. The number of hydrogen-bond acceptors (Lipinski definition) is 4. The van der Waals surface area contributed by atoms with E-state index >= 15 is 0 Å². The van der Waals surface area contributed by atoms with Crippen molar-refractivity contribution in [3.63, 3.8) is 0 Å². The summed E-state index contributed by atoms with van der Waals surface area (Å²) in [5.41, 5.74) is 8.44. The van der Waals surface area contributed by atoms with Gasteiger partial charge in [-0.1, -0.05) is 6.07 Å². The summed E-state index contributed by atoms with van der Waals surface area (Å²) < 4.78 is 10.6. The molecule has 0 saturated carbocycles. The molecule has 0 spiro atoms. The summed E-state index contributed by atoms with van der Waals surface area (Å²) >= 11 is 0. The van der Waals surface area contributed by atoms with Crippen LogP contribution in [0.5, 0.6) is 11.5 Å². The Hall–Kier alpha value is -2.07. The highest BCUT2D eigenvalue weighted by molar-refractivity contribution is 5.42. The van der Waals surface area contributed by atoms with E-state index in [2.05, 4.69) is 11.1 Å². The van der Waals surface area contributed by atoms with Crippen molar-refractivity contribution < 1.29 is 9.47 Å². The molecule has 4 heteroatoms. The number of pyridine rings is 1. The van der Waals surface area contributed by atoms with Crippen LogP contribution in [0.25, 0.3) is 0 Å². The third-order valence-electron chi connectivity index (χ3n) is 3.30. The molecule has 0 saturated heterocycles. The van der Waals surface area contributed by atoms with E-state index in [1.165, 1.54) is 5.56 Å². The van der Waals surface area contributed by atoms with Gasteiger partial charge in [0.2, 0.25) is 0 Å². The van der Waals surface area contributed by atoms with Gasteiger partial charge in [0.05, 0.1) is 14.2 Å². The third kappa shape index (κ3) is 3.48. The van der Waals surface area contributed by atoms with Crippen LogP contribution in [0.1, 0.15) is 23.6 Å². The van der Waals surface area contributed by atoms with E-state index in [4.69, 9.17) is 15.2 Å². The van der Waals surface area contributed by atoms with E-state index < -0.39 is 0 Å². The quantitative estimate of drug-likeness (QED) is 0.878. The number of hydrogen-bond donors (Lipinski definition) is 1. The van der Waals surface area contributed by atoms with Crippen molar-refractivity contribution in [2.45, 2.75) is 18.9 Å². The molecule has 0 bridgehead atoms. The molecule has 2 rings (SSSR count). The summed E-state index contributed by atoms with van der Waals surface area (Å²) in [5, 5.41) is 0. The van der Waals surface area contributed by atoms with Gasteiger partial charge in [-0.05, 0) is 42.7 Å². The minimum absolute atomic E-state index is 0.0970. The van der Waals surface area contributed by atoms with Gasteiger partial charge in [0, 0.05) is 24.0 Å². The average molecular weight is 272 g/mol. The highest BCUT2D eigenvalue weighted by Crippen LogP contribution is 2.30. The SMILES string of the molecule is COc1ccc(OC)c(C(N)CCc2cccnc2)c1. The van der Waals surface area contributed by atoms with Crippen molar-refractivity contribution >= 4 is 0 Å². The number of aryl methyl sites for hydroxylation is 1. The van der Waals surface area contributed by atoms with Crippen LogP contribution >= 0.6 is 0 Å². The van der Waals surface area contributed by atoms with Gasteiger partial charge in [-0.3, -0.25) is 4.98 Å². The maximum atomic E-state index is 6.29. The summed E-state index contributed by atoms with van der Waals surface area (Å²) in [5.74, 6) is 1.59. The highest BCUT2D eigenvalue weighted by atomic mass is 16.5. The molecule has 1 aromatic heterocycles. The maximum absolute atomic E-state index is 6.29. The number of rotatable bonds is 6. The molecule has 0 fully saturated rings. The van der Waals surface area contributed by atoms with E-state index in [0.29, 0.717) is 0 Å². The second-order valence-electron chi connectivity index (χ2n) is 4.61. The molecular formula is C16H20N2O2. The fraction of sp³-hybridized carbons (Fsp3) is 0.312. The van der Waals surface area contributed by atoms with Gasteiger partial charge in [0.1, 0.15) is 11.5 Å². The van der Waals surface area contributed by atoms with E-state index in [9.17, 15) is 0 Å². The molecule has 1 aromatic carbocycles. The fourth-order valence-corrected chi connectivity index (χ4v) is 2.15. The molecular weight excluding hydrogens is 252 g/mol. The summed E-state index contributed by atoms with van der Waals surface area (Å²) in [6.45, 7) is 0. The molecule has 0 radical (unpaired) electrons. The molecule has 1 unspecified atom stereocenters. The van der Waals surface area contributed by atoms with Crippen molar-refractivity contribution in [1.29, 1.82) is 0 Å². The lowest BCUT2D eigenvalue weighted by molar-refractivity contribution is 0.394. The maximum Gasteiger partial charge on any atom is 0.123 e.